The minimum atomic E-state index is -3.38. The van der Waals surface area contributed by atoms with Gasteiger partial charge in [-0.2, -0.15) is 4.31 Å². The number of nitrogens with zero attached hydrogens (tertiary/aromatic N) is 2. The van der Waals surface area contributed by atoms with Crippen molar-refractivity contribution < 1.29 is 18.1 Å². The zero-order chi connectivity index (χ0) is 18.6. The summed E-state index contributed by atoms with van der Waals surface area (Å²) in [5, 5.41) is 3.80. The Labute approximate surface area is 162 Å². The number of carbonyl (C=O) groups excluding carboxylic acids is 1. The predicted octanol–water partition coefficient (Wildman–Crippen LogP) is 0.748. The molecule has 9 heteroatoms. The van der Waals surface area contributed by atoms with Crippen molar-refractivity contribution in [2.45, 2.75) is 17.7 Å². The number of likely N-dealkylation sites (N-methyl/N-ethyl adjacent to an activating group) is 1. The van der Waals surface area contributed by atoms with E-state index in [1.54, 1.807) is 28.8 Å². The molecular formula is C17H24N3O3S3+. The maximum atomic E-state index is 12.6. The van der Waals surface area contributed by atoms with Crippen molar-refractivity contribution in [3.05, 3.63) is 39.9 Å². The van der Waals surface area contributed by atoms with Crippen LogP contribution in [0, 0.1) is 0 Å². The fourth-order valence-electron chi connectivity index (χ4n) is 3.05. The lowest BCUT2D eigenvalue weighted by molar-refractivity contribution is -0.896. The average molecular weight is 415 g/mol. The van der Waals surface area contributed by atoms with Gasteiger partial charge in [-0.1, -0.05) is 12.1 Å². The average Bonchev–Trinajstić information content (AvgIpc) is 3.34. The lowest BCUT2D eigenvalue weighted by atomic mass is 10.3. The van der Waals surface area contributed by atoms with E-state index in [9.17, 15) is 13.2 Å². The van der Waals surface area contributed by atoms with Crippen LogP contribution in [0.5, 0.6) is 0 Å². The molecule has 0 bridgehead atoms. The fourth-order valence-corrected chi connectivity index (χ4v) is 6.36. The number of amides is 1. The minimum Gasteiger partial charge on any atom is -0.333 e. The summed E-state index contributed by atoms with van der Waals surface area (Å²) in [7, 11) is -3.38. The quantitative estimate of drug-likeness (QED) is 0.727. The van der Waals surface area contributed by atoms with Crippen LogP contribution in [-0.4, -0.2) is 62.8 Å². The highest BCUT2D eigenvalue weighted by Crippen LogP contribution is 2.20. The van der Waals surface area contributed by atoms with Crippen LogP contribution in [0.4, 0.5) is 0 Å². The van der Waals surface area contributed by atoms with Crippen molar-refractivity contribution in [2.75, 3.05) is 39.3 Å². The van der Waals surface area contributed by atoms with Gasteiger partial charge in [-0.15, -0.1) is 22.7 Å². The normalized spacial score (nSPS) is 16.7. The number of carbonyl (C=O) groups is 1. The molecule has 142 valence electrons. The molecule has 1 fully saturated rings. The van der Waals surface area contributed by atoms with Crippen molar-refractivity contribution in [3.8, 4) is 0 Å². The van der Waals surface area contributed by atoms with E-state index in [1.165, 1.54) is 20.5 Å². The summed E-state index contributed by atoms with van der Waals surface area (Å²) in [5.74, 6) is 0.130. The van der Waals surface area contributed by atoms with Crippen molar-refractivity contribution in [3.63, 3.8) is 0 Å². The Bertz CT molecular complexity index is 796. The molecule has 3 heterocycles. The summed E-state index contributed by atoms with van der Waals surface area (Å²) in [5.41, 5.74) is 0. The lowest BCUT2D eigenvalue weighted by Crippen LogP contribution is -3.15. The van der Waals surface area contributed by atoms with Gasteiger partial charge >= 0.3 is 0 Å². The van der Waals surface area contributed by atoms with Gasteiger partial charge in [0.25, 0.3) is 15.9 Å². The predicted molar refractivity (Wildman–Crippen MR) is 104 cm³/mol. The molecule has 0 saturated carbocycles. The zero-order valence-corrected chi connectivity index (χ0v) is 17.2. The molecule has 1 aliphatic rings. The van der Waals surface area contributed by atoms with Crippen molar-refractivity contribution in [2.24, 2.45) is 0 Å². The van der Waals surface area contributed by atoms with Crippen LogP contribution in [0.1, 0.15) is 11.8 Å². The summed E-state index contributed by atoms with van der Waals surface area (Å²) >= 11 is 2.91. The van der Waals surface area contributed by atoms with Crippen molar-refractivity contribution in [1.82, 2.24) is 9.21 Å². The largest absolute Gasteiger partial charge is 0.333 e. The Hall–Kier alpha value is -1.26. The van der Waals surface area contributed by atoms with Gasteiger partial charge in [-0.05, 0) is 29.8 Å². The van der Waals surface area contributed by atoms with Gasteiger partial charge in [0.1, 0.15) is 4.21 Å². The van der Waals surface area contributed by atoms with E-state index in [0.29, 0.717) is 50.0 Å². The highest BCUT2D eigenvalue weighted by Gasteiger charge is 2.32. The molecular weight excluding hydrogens is 390 g/mol. The van der Waals surface area contributed by atoms with Crippen LogP contribution in [0.2, 0.25) is 0 Å². The molecule has 0 unspecified atom stereocenters. The number of sulfonamides is 1. The zero-order valence-electron chi connectivity index (χ0n) is 14.8. The van der Waals surface area contributed by atoms with Gasteiger partial charge in [-0.25, -0.2) is 8.42 Å². The first-order valence-corrected chi connectivity index (χ1v) is 11.9. The van der Waals surface area contributed by atoms with Crippen LogP contribution < -0.4 is 4.90 Å². The molecule has 2 aromatic rings. The highest BCUT2D eigenvalue weighted by atomic mass is 32.2. The summed E-state index contributed by atoms with van der Waals surface area (Å²) in [4.78, 5) is 16.8. The first-order valence-electron chi connectivity index (χ1n) is 8.68. The van der Waals surface area contributed by atoms with Crippen LogP contribution in [0.3, 0.4) is 0 Å². The molecule has 0 aromatic carbocycles. The monoisotopic (exact) mass is 414 g/mol. The van der Waals surface area contributed by atoms with Crippen LogP contribution in [0.15, 0.2) is 39.2 Å². The molecule has 1 aliphatic heterocycles. The van der Waals surface area contributed by atoms with Crippen LogP contribution >= 0.6 is 22.7 Å². The molecule has 1 saturated heterocycles. The first kappa shape index (κ1) is 19.5. The SMILES string of the molecule is CCN(Cc1cccs1)C(=O)C[NH+]1CCN(S(=O)(=O)c2cccs2)CC1. The number of thiophene rings is 2. The number of hydrogen-bond donors (Lipinski definition) is 1. The van der Waals surface area contributed by atoms with E-state index < -0.39 is 10.0 Å². The van der Waals surface area contributed by atoms with E-state index in [0.717, 1.165) is 4.90 Å². The maximum absolute atomic E-state index is 12.6. The number of hydrogen-bond acceptors (Lipinski definition) is 5. The molecule has 26 heavy (non-hydrogen) atoms. The summed E-state index contributed by atoms with van der Waals surface area (Å²) in [6.45, 7) is 5.99. The molecule has 0 spiro atoms. The second kappa shape index (κ2) is 8.62. The van der Waals surface area contributed by atoms with Gasteiger partial charge in [-0.3, -0.25) is 4.79 Å². The highest BCUT2D eigenvalue weighted by molar-refractivity contribution is 7.91. The molecule has 3 rings (SSSR count). The van der Waals surface area contributed by atoms with Crippen LogP contribution in [0.25, 0.3) is 0 Å². The van der Waals surface area contributed by atoms with Crippen LogP contribution in [-0.2, 0) is 21.4 Å². The fraction of sp³-hybridized carbons (Fsp3) is 0.471. The Morgan fingerprint density at radius 3 is 2.46 bits per heavy atom. The number of rotatable bonds is 7. The third-order valence-corrected chi connectivity index (χ3v) is 8.71. The van der Waals surface area contributed by atoms with Gasteiger partial charge in [0, 0.05) is 11.4 Å². The van der Waals surface area contributed by atoms with E-state index >= 15 is 0 Å². The first-order chi connectivity index (χ1) is 12.5. The van der Waals surface area contributed by atoms with Gasteiger partial charge < -0.3 is 9.80 Å². The van der Waals surface area contributed by atoms with Gasteiger partial charge in [0.05, 0.1) is 32.7 Å². The number of nitrogens with one attached hydrogen (secondary N) is 1. The van der Waals surface area contributed by atoms with E-state index in [4.69, 9.17) is 0 Å². The van der Waals surface area contributed by atoms with Gasteiger partial charge in [0.2, 0.25) is 0 Å². The Kier molecular flexibility index (Phi) is 6.46. The molecule has 6 nitrogen and oxygen atoms in total. The topological polar surface area (TPSA) is 62.1 Å². The Morgan fingerprint density at radius 2 is 1.88 bits per heavy atom. The molecule has 2 aromatic heterocycles. The Morgan fingerprint density at radius 1 is 1.19 bits per heavy atom. The maximum Gasteiger partial charge on any atom is 0.278 e. The van der Waals surface area contributed by atoms with Crippen molar-refractivity contribution in [1.29, 1.82) is 0 Å². The molecule has 1 N–H and O–H groups in total. The summed E-state index contributed by atoms with van der Waals surface area (Å²) in [6, 6.07) is 7.44. The van der Waals surface area contributed by atoms with E-state index in [1.807, 2.05) is 29.3 Å². The smallest absolute Gasteiger partial charge is 0.278 e. The molecule has 1 amide bonds. The van der Waals surface area contributed by atoms with E-state index in [-0.39, 0.29) is 5.91 Å². The third-order valence-electron chi connectivity index (χ3n) is 4.58. The Balaban J connectivity index is 1.52. The standard InChI is InChI=1S/C17H23N3O3S3/c1-2-19(13-15-5-3-11-24-15)16(21)14-18-7-9-20(10-8-18)26(22,23)17-6-4-12-25-17/h3-6,11-12H,2,7-10,13-14H2,1H3/p+1. The minimum absolute atomic E-state index is 0.130. The molecule has 0 atom stereocenters. The summed E-state index contributed by atoms with van der Waals surface area (Å²) < 4.78 is 27.1. The second-order valence-electron chi connectivity index (χ2n) is 6.25. The third kappa shape index (κ3) is 4.52. The van der Waals surface area contributed by atoms with Gasteiger partial charge in [0.15, 0.2) is 6.54 Å². The molecule has 0 radical (unpaired) electrons. The number of piperazine rings is 1. The number of quaternary nitrogens is 1. The second-order valence-corrected chi connectivity index (χ2v) is 10.4. The lowest BCUT2D eigenvalue weighted by Gasteiger charge is -2.32. The molecule has 0 aliphatic carbocycles. The summed E-state index contributed by atoms with van der Waals surface area (Å²) in [6.07, 6.45) is 0. The van der Waals surface area contributed by atoms with E-state index in [2.05, 4.69) is 0 Å². The van der Waals surface area contributed by atoms with Crippen molar-refractivity contribution >= 4 is 38.6 Å².